The van der Waals surface area contributed by atoms with E-state index in [0.29, 0.717) is 34.3 Å². The Morgan fingerprint density at radius 1 is 1.11 bits per heavy atom. The molecule has 0 radical (unpaired) electrons. The van der Waals surface area contributed by atoms with Gasteiger partial charge in [-0.25, -0.2) is 9.37 Å². The van der Waals surface area contributed by atoms with Crippen molar-refractivity contribution in [2.24, 2.45) is 0 Å². The fourth-order valence-electron chi connectivity index (χ4n) is 3.13. The van der Waals surface area contributed by atoms with Crippen LogP contribution in [0.4, 0.5) is 10.2 Å². The van der Waals surface area contributed by atoms with Gasteiger partial charge in [0.1, 0.15) is 17.3 Å². The molecule has 0 bridgehead atoms. The Balaban J connectivity index is 1.71. The summed E-state index contributed by atoms with van der Waals surface area (Å²) in [6, 6.07) is 15.9. The second-order valence-corrected chi connectivity index (χ2v) is 7.71. The Labute approximate surface area is 168 Å². The van der Waals surface area contributed by atoms with Crippen LogP contribution in [0.15, 0.2) is 60.0 Å². The number of benzene rings is 2. The summed E-state index contributed by atoms with van der Waals surface area (Å²) in [5, 5.41) is 15.4. The van der Waals surface area contributed by atoms with Crippen molar-refractivity contribution in [2.75, 3.05) is 5.32 Å². The van der Waals surface area contributed by atoms with Gasteiger partial charge in [0.05, 0.1) is 12.1 Å². The van der Waals surface area contributed by atoms with Crippen molar-refractivity contribution in [3.05, 3.63) is 75.7 Å². The number of hydrogen-bond acceptors (Lipinski definition) is 5. The average molecular weight is 410 g/mol. The Bertz CT molecular complexity index is 1300. The minimum atomic E-state index is -0.331. The van der Waals surface area contributed by atoms with E-state index in [-0.39, 0.29) is 5.82 Å². The SMILES string of the molecule is Fc1cccc(-c2nnn3c2nc(NCc2cccs2)c2cc(Cl)ccc23)c1. The molecule has 0 unspecified atom stereocenters. The van der Waals surface area contributed by atoms with Gasteiger partial charge in [-0.2, -0.15) is 4.52 Å². The second-order valence-electron chi connectivity index (χ2n) is 6.24. The molecule has 0 aliphatic heterocycles. The Hall–Kier alpha value is -3.03. The molecule has 2 aromatic carbocycles. The van der Waals surface area contributed by atoms with Crippen LogP contribution in [0.3, 0.4) is 0 Å². The summed E-state index contributed by atoms with van der Waals surface area (Å²) in [7, 11) is 0. The van der Waals surface area contributed by atoms with Gasteiger partial charge in [-0.05, 0) is 41.8 Å². The van der Waals surface area contributed by atoms with Crippen LogP contribution in [0.25, 0.3) is 27.8 Å². The van der Waals surface area contributed by atoms with E-state index in [2.05, 4.69) is 21.7 Å². The molecule has 0 saturated heterocycles. The van der Waals surface area contributed by atoms with E-state index in [0.717, 1.165) is 10.9 Å². The molecule has 138 valence electrons. The van der Waals surface area contributed by atoms with Crippen molar-refractivity contribution in [1.82, 2.24) is 19.8 Å². The molecule has 8 heteroatoms. The Kier molecular flexibility index (Phi) is 4.18. The lowest BCUT2D eigenvalue weighted by molar-refractivity contribution is 0.628. The van der Waals surface area contributed by atoms with Crippen LogP contribution in [-0.4, -0.2) is 19.8 Å². The van der Waals surface area contributed by atoms with E-state index < -0.39 is 0 Å². The number of rotatable bonds is 4. The van der Waals surface area contributed by atoms with Crippen LogP contribution < -0.4 is 5.32 Å². The first kappa shape index (κ1) is 17.1. The van der Waals surface area contributed by atoms with Crippen LogP contribution in [0.1, 0.15) is 4.88 Å². The summed E-state index contributed by atoms with van der Waals surface area (Å²) < 4.78 is 15.4. The molecule has 0 atom stereocenters. The van der Waals surface area contributed by atoms with E-state index in [1.54, 1.807) is 34.1 Å². The maximum absolute atomic E-state index is 13.7. The van der Waals surface area contributed by atoms with E-state index in [1.807, 2.05) is 23.6 Å². The molecule has 0 saturated carbocycles. The smallest absolute Gasteiger partial charge is 0.186 e. The minimum absolute atomic E-state index is 0.331. The largest absolute Gasteiger partial charge is 0.365 e. The molecular formula is C20H13ClFN5S. The number of hydrogen-bond donors (Lipinski definition) is 1. The van der Waals surface area contributed by atoms with E-state index in [1.165, 1.54) is 17.0 Å². The molecule has 0 aliphatic carbocycles. The molecule has 3 aromatic heterocycles. The van der Waals surface area contributed by atoms with Gasteiger partial charge >= 0.3 is 0 Å². The standard InChI is InChI=1S/C20H13ClFN5S/c21-13-6-7-17-16(10-13)19(23-11-15-5-2-8-28-15)24-20-18(25-26-27(17)20)12-3-1-4-14(22)9-12/h1-10H,11H2,(H,23,24). The maximum atomic E-state index is 13.7. The van der Waals surface area contributed by atoms with Crippen LogP contribution in [0.2, 0.25) is 5.02 Å². The third-order valence-corrected chi connectivity index (χ3v) is 5.53. The molecule has 0 spiro atoms. The summed E-state index contributed by atoms with van der Waals surface area (Å²) in [4.78, 5) is 5.95. The quantitative estimate of drug-likeness (QED) is 0.431. The molecule has 0 aliphatic rings. The van der Waals surface area contributed by atoms with Crippen LogP contribution in [0, 0.1) is 5.82 Å². The lowest BCUT2D eigenvalue weighted by atomic mass is 10.1. The highest BCUT2D eigenvalue weighted by atomic mass is 35.5. The molecule has 28 heavy (non-hydrogen) atoms. The summed E-state index contributed by atoms with van der Waals surface area (Å²) >= 11 is 7.89. The van der Waals surface area contributed by atoms with E-state index in [4.69, 9.17) is 16.6 Å². The summed E-state index contributed by atoms with van der Waals surface area (Å²) in [5.74, 6) is 0.348. The Morgan fingerprint density at radius 3 is 2.86 bits per heavy atom. The monoisotopic (exact) mass is 409 g/mol. The van der Waals surface area contributed by atoms with Gasteiger partial charge in [0.25, 0.3) is 0 Å². The van der Waals surface area contributed by atoms with E-state index >= 15 is 0 Å². The topological polar surface area (TPSA) is 55.1 Å². The zero-order chi connectivity index (χ0) is 19.1. The number of aromatic nitrogens is 4. The fraction of sp³-hybridized carbons (Fsp3) is 0.0500. The molecule has 5 rings (SSSR count). The molecule has 5 nitrogen and oxygen atoms in total. The molecule has 5 aromatic rings. The van der Waals surface area contributed by atoms with Crippen molar-refractivity contribution in [1.29, 1.82) is 0 Å². The lowest BCUT2D eigenvalue weighted by Crippen LogP contribution is -2.04. The number of fused-ring (bicyclic) bond motifs is 3. The normalized spacial score (nSPS) is 11.4. The highest BCUT2D eigenvalue weighted by Gasteiger charge is 2.16. The van der Waals surface area contributed by atoms with Gasteiger partial charge in [0, 0.05) is 20.8 Å². The van der Waals surface area contributed by atoms with E-state index in [9.17, 15) is 4.39 Å². The number of anilines is 1. The third kappa shape index (κ3) is 2.98. The van der Waals surface area contributed by atoms with Crippen LogP contribution in [-0.2, 0) is 6.54 Å². The average Bonchev–Trinajstić information content (AvgIpc) is 3.35. The number of thiophene rings is 1. The van der Waals surface area contributed by atoms with Crippen molar-refractivity contribution >= 4 is 45.3 Å². The second kappa shape index (κ2) is 6.85. The number of halogens is 2. The Morgan fingerprint density at radius 2 is 2.04 bits per heavy atom. The summed E-state index contributed by atoms with van der Waals surface area (Å²) in [6.45, 7) is 0.638. The van der Waals surface area contributed by atoms with Gasteiger partial charge in [-0.15, -0.1) is 16.4 Å². The van der Waals surface area contributed by atoms with Gasteiger partial charge in [0.2, 0.25) is 0 Å². The molecular weight excluding hydrogens is 397 g/mol. The predicted molar refractivity (Wildman–Crippen MR) is 110 cm³/mol. The highest BCUT2D eigenvalue weighted by Crippen LogP contribution is 2.30. The first-order valence-corrected chi connectivity index (χ1v) is 9.82. The summed E-state index contributed by atoms with van der Waals surface area (Å²) in [6.07, 6.45) is 0. The van der Waals surface area contributed by atoms with Crippen LogP contribution >= 0.6 is 22.9 Å². The fourth-order valence-corrected chi connectivity index (χ4v) is 3.95. The van der Waals surface area contributed by atoms with Crippen molar-refractivity contribution in [2.45, 2.75) is 6.54 Å². The zero-order valence-corrected chi connectivity index (χ0v) is 16.0. The third-order valence-electron chi connectivity index (χ3n) is 4.41. The molecule has 0 amide bonds. The number of nitrogens with one attached hydrogen (secondary N) is 1. The highest BCUT2D eigenvalue weighted by molar-refractivity contribution is 7.09. The minimum Gasteiger partial charge on any atom is -0.365 e. The molecule has 0 fully saturated rings. The molecule has 1 N–H and O–H groups in total. The first-order chi connectivity index (χ1) is 13.7. The van der Waals surface area contributed by atoms with Crippen LogP contribution in [0.5, 0.6) is 0 Å². The van der Waals surface area contributed by atoms with Crippen molar-refractivity contribution < 1.29 is 4.39 Å². The summed E-state index contributed by atoms with van der Waals surface area (Å²) in [5.41, 5.74) is 2.52. The van der Waals surface area contributed by atoms with Gasteiger partial charge in [0.15, 0.2) is 5.65 Å². The van der Waals surface area contributed by atoms with Gasteiger partial charge in [-0.1, -0.05) is 35.0 Å². The predicted octanol–water partition coefficient (Wildman–Crippen LogP) is 5.41. The number of nitrogens with zero attached hydrogens (tertiary/aromatic N) is 4. The maximum Gasteiger partial charge on any atom is 0.186 e. The van der Waals surface area contributed by atoms with Crippen molar-refractivity contribution in [3.8, 4) is 11.3 Å². The van der Waals surface area contributed by atoms with Gasteiger partial charge < -0.3 is 5.32 Å². The van der Waals surface area contributed by atoms with Crippen molar-refractivity contribution in [3.63, 3.8) is 0 Å². The zero-order valence-electron chi connectivity index (χ0n) is 14.4. The molecule has 3 heterocycles. The lowest BCUT2D eigenvalue weighted by Gasteiger charge is -2.10. The first-order valence-electron chi connectivity index (χ1n) is 8.56. The van der Waals surface area contributed by atoms with Gasteiger partial charge in [-0.3, -0.25) is 0 Å².